The van der Waals surface area contributed by atoms with Crippen molar-refractivity contribution in [2.75, 3.05) is 7.11 Å². The van der Waals surface area contributed by atoms with Crippen molar-refractivity contribution in [3.63, 3.8) is 0 Å². The smallest absolute Gasteiger partial charge is 0.221 e. The second-order valence-corrected chi connectivity index (χ2v) is 9.30. The number of ether oxygens (including phenoxy) is 1. The van der Waals surface area contributed by atoms with Gasteiger partial charge in [0.2, 0.25) is 5.91 Å². The molecule has 1 heterocycles. The van der Waals surface area contributed by atoms with Gasteiger partial charge in [-0.15, -0.1) is 0 Å². The molecule has 2 fully saturated rings. The molecule has 164 valence electrons. The number of primary amides is 1. The van der Waals surface area contributed by atoms with Gasteiger partial charge < -0.3 is 25.6 Å². The average molecular weight is 462 g/mol. The Hall–Kier alpha value is -2.26. The third-order valence-corrected chi connectivity index (χ3v) is 7.42. The minimum atomic E-state index is -1.03. The summed E-state index contributed by atoms with van der Waals surface area (Å²) < 4.78 is 5.23. The zero-order valence-corrected chi connectivity index (χ0v) is 18.5. The first-order chi connectivity index (χ1) is 14.9. The maximum atomic E-state index is 12.1. The number of thioether (sulfide) groups is 1. The zero-order chi connectivity index (χ0) is 22.1. The molecule has 0 spiro atoms. The number of benzene rings is 2. The minimum absolute atomic E-state index is 0.134. The summed E-state index contributed by atoms with van der Waals surface area (Å²) in [5.74, 6) is -0.301. The number of halogens is 1. The Labute approximate surface area is 189 Å². The predicted octanol–water partition coefficient (Wildman–Crippen LogP) is 2.55. The lowest BCUT2D eigenvalue weighted by molar-refractivity contribution is -0.128. The Morgan fingerprint density at radius 2 is 1.90 bits per heavy atom. The number of methoxy groups -OCH3 is 1. The number of aliphatic hydroxyl groups is 2. The van der Waals surface area contributed by atoms with Crippen LogP contribution in [0, 0.1) is 5.92 Å². The molecule has 5 atom stereocenters. The van der Waals surface area contributed by atoms with Gasteiger partial charge in [0.1, 0.15) is 11.9 Å². The maximum Gasteiger partial charge on any atom is 0.221 e. The molecule has 1 amide bonds. The number of aliphatic imine (C=N–C) groups is 1. The van der Waals surface area contributed by atoms with E-state index in [4.69, 9.17) is 27.1 Å². The SMILES string of the molecule is COc1ccc(CN2C(=Nc3ccc(Cl)cc3)S[C@H]3[C@@H]2[C@@H](O)[C@H](O)C[C@@H]3C(N)=O)cc1. The Kier molecular flexibility index (Phi) is 6.43. The third-order valence-electron chi connectivity index (χ3n) is 5.75. The number of rotatable bonds is 5. The fraction of sp³-hybridized carbons (Fsp3) is 0.364. The number of amidine groups is 1. The van der Waals surface area contributed by atoms with Gasteiger partial charge in [0.25, 0.3) is 0 Å². The summed E-state index contributed by atoms with van der Waals surface area (Å²) in [6, 6.07) is 14.2. The van der Waals surface area contributed by atoms with Gasteiger partial charge in [0, 0.05) is 16.8 Å². The lowest BCUT2D eigenvalue weighted by Gasteiger charge is -2.41. The number of carbonyl (C=O) groups is 1. The summed E-state index contributed by atoms with van der Waals surface area (Å²) in [5.41, 5.74) is 7.33. The summed E-state index contributed by atoms with van der Waals surface area (Å²) in [6.07, 6.45) is -1.92. The quantitative estimate of drug-likeness (QED) is 0.631. The average Bonchev–Trinajstić information content (AvgIpc) is 3.10. The van der Waals surface area contributed by atoms with Gasteiger partial charge in [0.05, 0.1) is 30.9 Å². The molecule has 2 aromatic carbocycles. The molecule has 4 N–H and O–H groups in total. The molecule has 0 radical (unpaired) electrons. The highest BCUT2D eigenvalue weighted by Gasteiger charge is 2.54. The van der Waals surface area contributed by atoms with E-state index in [1.165, 1.54) is 11.8 Å². The number of nitrogens with zero attached hydrogens (tertiary/aromatic N) is 2. The van der Waals surface area contributed by atoms with Crippen molar-refractivity contribution in [1.29, 1.82) is 0 Å². The Morgan fingerprint density at radius 1 is 1.23 bits per heavy atom. The molecule has 0 aromatic heterocycles. The Bertz CT molecular complexity index is 970. The molecule has 7 nitrogen and oxygen atoms in total. The first kappa shape index (κ1) is 22.0. The number of hydrogen-bond donors (Lipinski definition) is 3. The van der Waals surface area contributed by atoms with Crippen LogP contribution in [0.3, 0.4) is 0 Å². The number of nitrogens with two attached hydrogens (primary N) is 1. The molecule has 9 heteroatoms. The van der Waals surface area contributed by atoms with Gasteiger partial charge in [-0.05, 0) is 48.4 Å². The van der Waals surface area contributed by atoms with E-state index < -0.39 is 30.1 Å². The van der Waals surface area contributed by atoms with Crippen LogP contribution in [0.1, 0.15) is 12.0 Å². The molecule has 1 aliphatic heterocycles. The van der Waals surface area contributed by atoms with Crippen molar-refractivity contribution in [2.24, 2.45) is 16.6 Å². The van der Waals surface area contributed by atoms with Gasteiger partial charge in [-0.1, -0.05) is 35.5 Å². The summed E-state index contributed by atoms with van der Waals surface area (Å²) in [6.45, 7) is 0.444. The fourth-order valence-electron chi connectivity index (χ4n) is 4.12. The number of hydrogen-bond acceptors (Lipinski definition) is 6. The first-order valence-electron chi connectivity index (χ1n) is 9.93. The van der Waals surface area contributed by atoms with Gasteiger partial charge in [0.15, 0.2) is 5.17 Å². The largest absolute Gasteiger partial charge is 0.497 e. The topological polar surface area (TPSA) is 108 Å². The molecular weight excluding hydrogens is 438 g/mol. The minimum Gasteiger partial charge on any atom is -0.497 e. The molecule has 31 heavy (non-hydrogen) atoms. The van der Waals surface area contributed by atoms with Crippen LogP contribution in [0.4, 0.5) is 5.69 Å². The van der Waals surface area contributed by atoms with Crippen molar-refractivity contribution in [3.05, 3.63) is 59.1 Å². The van der Waals surface area contributed by atoms with E-state index in [0.29, 0.717) is 22.4 Å². The van der Waals surface area contributed by atoms with Crippen molar-refractivity contribution < 1.29 is 19.7 Å². The second-order valence-electron chi connectivity index (χ2n) is 7.72. The van der Waals surface area contributed by atoms with Crippen LogP contribution in [0.25, 0.3) is 0 Å². The molecule has 2 aliphatic rings. The van der Waals surface area contributed by atoms with E-state index in [1.54, 1.807) is 31.4 Å². The standard InChI is InChI=1S/C22H24ClN3O4S/c1-30-15-8-2-12(3-9-15)11-26-18-19(28)17(27)10-16(21(24)29)20(18)31-22(26)25-14-6-4-13(23)5-7-14/h2-9,16-20,27-28H,10-11H2,1H3,(H2,24,29)/t16-,17+,18-,19-,20+/m0/s1. The summed E-state index contributed by atoms with van der Waals surface area (Å²) in [4.78, 5) is 18.8. The molecule has 2 aromatic rings. The van der Waals surface area contributed by atoms with Crippen molar-refractivity contribution in [3.8, 4) is 5.75 Å². The highest BCUT2D eigenvalue weighted by atomic mass is 35.5. The number of amides is 1. The van der Waals surface area contributed by atoms with Crippen LogP contribution in [-0.2, 0) is 11.3 Å². The third kappa shape index (κ3) is 4.52. The van der Waals surface area contributed by atoms with Crippen LogP contribution in [0.15, 0.2) is 53.5 Å². The summed E-state index contributed by atoms with van der Waals surface area (Å²) in [7, 11) is 1.61. The molecule has 1 saturated carbocycles. The van der Waals surface area contributed by atoms with E-state index in [9.17, 15) is 15.0 Å². The molecule has 0 unspecified atom stereocenters. The fourth-order valence-corrected chi connectivity index (χ4v) is 5.83. The van der Waals surface area contributed by atoms with Crippen LogP contribution in [-0.4, -0.2) is 56.8 Å². The van der Waals surface area contributed by atoms with Gasteiger partial charge in [-0.2, -0.15) is 0 Å². The summed E-state index contributed by atoms with van der Waals surface area (Å²) >= 11 is 7.41. The van der Waals surface area contributed by atoms with Crippen LogP contribution in [0.2, 0.25) is 5.02 Å². The monoisotopic (exact) mass is 461 g/mol. The number of carbonyl (C=O) groups excluding carboxylic acids is 1. The van der Waals surface area contributed by atoms with E-state index in [2.05, 4.69) is 0 Å². The highest BCUT2D eigenvalue weighted by molar-refractivity contribution is 8.14. The van der Waals surface area contributed by atoms with E-state index in [1.807, 2.05) is 29.2 Å². The molecular formula is C22H24ClN3O4S. The highest BCUT2D eigenvalue weighted by Crippen LogP contribution is 2.45. The van der Waals surface area contributed by atoms with Crippen LogP contribution < -0.4 is 10.5 Å². The lowest BCUT2D eigenvalue weighted by atomic mass is 9.80. The van der Waals surface area contributed by atoms with Crippen molar-refractivity contribution in [2.45, 2.75) is 36.5 Å². The summed E-state index contributed by atoms with van der Waals surface area (Å²) in [5, 5.41) is 22.3. The number of fused-ring (bicyclic) bond motifs is 1. The first-order valence-corrected chi connectivity index (χ1v) is 11.2. The van der Waals surface area contributed by atoms with Crippen molar-refractivity contribution in [1.82, 2.24) is 4.90 Å². The lowest BCUT2D eigenvalue weighted by Crippen LogP contribution is -2.58. The van der Waals surface area contributed by atoms with E-state index in [0.717, 1.165) is 11.3 Å². The molecule has 0 bridgehead atoms. The van der Waals surface area contributed by atoms with Gasteiger partial charge in [-0.3, -0.25) is 4.79 Å². The van der Waals surface area contributed by atoms with E-state index >= 15 is 0 Å². The molecule has 1 saturated heterocycles. The van der Waals surface area contributed by atoms with Crippen LogP contribution in [0.5, 0.6) is 5.75 Å². The predicted molar refractivity (Wildman–Crippen MR) is 122 cm³/mol. The van der Waals surface area contributed by atoms with Crippen molar-refractivity contribution >= 4 is 40.1 Å². The van der Waals surface area contributed by atoms with Gasteiger partial charge >= 0.3 is 0 Å². The number of aliphatic hydroxyl groups excluding tert-OH is 2. The Balaban J connectivity index is 1.72. The van der Waals surface area contributed by atoms with E-state index in [-0.39, 0.29) is 11.7 Å². The molecule has 1 aliphatic carbocycles. The normalized spacial score (nSPS) is 29.1. The maximum absolute atomic E-state index is 12.1. The van der Waals surface area contributed by atoms with Gasteiger partial charge in [-0.25, -0.2) is 4.99 Å². The Morgan fingerprint density at radius 3 is 2.52 bits per heavy atom. The van der Waals surface area contributed by atoms with Crippen LogP contribution >= 0.6 is 23.4 Å². The zero-order valence-electron chi connectivity index (χ0n) is 16.9. The second kappa shape index (κ2) is 9.08. The molecule has 4 rings (SSSR count).